The summed E-state index contributed by atoms with van der Waals surface area (Å²) >= 11 is 0. The first-order valence-electron chi connectivity index (χ1n) is 7.80. The van der Waals surface area contributed by atoms with Gasteiger partial charge in [0.1, 0.15) is 0 Å². The number of hydrogen-bond donors (Lipinski definition) is 2. The van der Waals surface area contributed by atoms with E-state index in [1.807, 2.05) is 0 Å². The minimum atomic E-state index is -0.233. The standard InChI is InChI=1S/C15H31N3O/c1-4-6-13-7-5-9-18(10-8-13)11-14(15(16)19)17-12(2)3/h12-14,17H,4-11H2,1-3H3,(H2,16,19). The van der Waals surface area contributed by atoms with Gasteiger partial charge in [-0.3, -0.25) is 4.79 Å². The van der Waals surface area contributed by atoms with Crippen molar-refractivity contribution in [1.29, 1.82) is 0 Å². The van der Waals surface area contributed by atoms with Crippen molar-refractivity contribution in [2.75, 3.05) is 19.6 Å². The van der Waals surface area contributed by atoms with Crippen molar-refractivity contribution in [2.45, 2.75) is 65.0 Å². The number of carbonyl (C=O) groups is 1. The van der Waals surface area contributed by atoms with Crippen LogP contribution in [0.2, 0.25) is 0 Å². The summed E-state index contributed by atoms with van der Waals surface area (Å²) in [5.74, 6) is 0.642. The Kier molecular flexibility index (Phi) is 7.39. The van der Waals surface area contributed by atoms with Gasteiger partial charge < -0.3 is 16.0 Å². The third kappa shape index (κ3) is 6.39. The van der Waals surface area contributed by atoms with E-state index in [0.717, 1.165) is 25.6 Å². The Balaban J connectivity index is 2.44. The Labute approximate surface area is 118 Å². The van der Waals surface area contributed by atoms with E-state index in [-0.39, 0.29) is 18.0 Å². The number of carbonyl (C=O) groups excluding carboxylic acids is 1. The van der Waals surface area contributed by atoms with Crippen molar-refractivity contribution >= 4 is 5.91 Å². The van der Waals surface area contributed by atoms with Crippen LogP contribution in [0.1, 0.15) is 52.9 Å². The van der Waals surface area contributed by atoms with Crippen LogP contribution in [0.5, 0.6) is 0 Å². The summed E-state index contributed by atoms with van der Waals surface area (Å²) in [6.07, 6.45) is 6.48. The second-order valence-electron chi connectivity index (χ2n) is 6.16. The molecule has 1 heterocycles. The van der Waals surface area contributed by atoms with Crippen molar-refractivity contribution in [3.8, 4) is 0 Å². The molecule has 1 aliphatic heterocycles. The summed E-state index contributed by atoms with van der Waals surface area (Å²) in [5, 5.41) is 3.27. The fraction of sp³-hybridized carbons (Fsp3) is 0.933. The lowest BCUT2D eigenvalue weighted by atomic mass is 9.96. The lowest BCUT2D eigenvalue weighted by molar-refractivity contribution is -0.120. The van der Waals surface area contributed by atoms with E-state index in [9.17, 15) is 4.79 Å². The molecular formula is C15H31N3O. The molecule has 112 valence electrons. The van der Waals surface area contributed by atoms with Crippen LogP contribution in [0, 0.1) is 5.92 Å². The highest BCUT2D eigenvalue weighted by molar-refractivity contribution is 5.80. The number of primary amides is 1. The predicted octanol–water partition coefficient (Wildman–Crippen LogP) is 1.74. The van der Waals surface area contributed by atoms with E-state index in [2.05, 4.69) is 31.0 Å². The van der Waals surface area contributed by atoms with Gasteiger partial charge in [-0.05, 0) is 38.3 Å². The maximum atomic E-state index is 11.5. The molecule has 1 saturated heterocycles. The van der Waals surface area contributed by atoms with E-state index in [1.165, 1.54) is 32.1 Å². The Morgan fingerprint density at radius 2 is 2.11 bits per heavy atom. The number of nitrogens with zero attached hydrogens (tertiary/aromatic N) is 1. The van der Waals surface area contributed by atoms with Crippen LogP contribution in [0.3, 0.4) is 0 Å². The zero-order valence-corrected chi connectivity index (χ0v) is 12.8. The third-order valence-electron chi connectivity index (χ3n) is 3.96. The molecule has 19 heavy (non-hydrogen) atoms. The quantitative estimate of drug-likeness (QED) is 0.740. The fourth-order valence-corrected chi connectivity index (χ4v) is 2.99. The Morgan fingerprint density at radius 3 is 2.68 bits per heavy atom. The normalized spacial score (nSPS) is 23.3. The van der Waals surface area contributed by atoms with Crippen LogP contribution in [0.25, 0.3) is 0 Å². The Hall–Kier alpha value is -0.610. The maximum Gasteiger partial charge on any atom is 0.235 e. The highest BCUT2D eigenvalue weighted by Gasteiger charge is 2.22. The second-order valence-corrected chi connectivity index (χ2v) is 6.16. The molecule has 1 rings (SSSR count). The summed E-state index contributed by atoms with van der Waals surface area (Å²) in [7, 11) is 0. The summed E-state index contributed by atoms with van der Waals surface area (Å²) in [5.41, 5.74) is 5.49. The molecule has 4 nitrogen and oxygen atoms in total. The van der Waals surface area contributed by atoms with E-state index in [1.54, 1.807) is 0 Å². The van der Waals surface area contributed by atoms with Gasteiger partial charge >= 0.3 is 0 Å². The van der Waals surface area contributed by atoms with E-state index >= 15 is 0 Å². The van der Waals surface area contributed by atoms with Crippen LogP contribution < -0.4 is 11.1 Å². The van der Waals surface area contributed by atoms with Gasteiger partial charge in [-0.25, -0.2) is 0 Å². The minimum Gasteiger partial charge on any atom is -0.368 e. The lowest BCUT2D eigenvalue weighted by Gasteiger charge is -2.26. The van der Waals surface area contributed by atoms with Crippen molar-refractivity contribution < 1.29 is 4.79 Å². The number of rotatable bonds is 7. The molecular weight excluding hydrogens is 238 g/mol. The number of likely N-dealkylation sites (tertiary alicyclic amines) is 1. The first-order valence-corrected chi connectivity index (χ1v) is 7.80. The summed E-state index contributed by atoms with van der Waals surface area (Å²) in [4.78, 5) is 13.9. The van der Waals surface area contributed by atoms with Gasteiger partial charge in [0.15, 0.2) is 0 Å². The molecule has 0 saturated carbocycles. The van der Waals surface area contributed by atoms with Gasteiger partial charge in [-0.1, -0.05) is 33.6 Å². The molecule has 0 spiro atoms. The van der Waals surface area contributed by atoms with Gasteiger partial charge in [-0.2, -0.15) is 0 Å². The number of nitrogens with two attached hydrogens (primary N) is 1. The highest BCUT2D eigenvalue weighted by Crippen LogP contribution is 2.21. The van der Waals surface area contributed by atoms with Crippen LogP contribution in [0.4, 0.5) is 0 Å². The third-order valence-corrected chi connectivity index (χ3v) is 3.96. The molecule has 0 aromatic heterocycles. The van der Waals surface area contributed by atoms with E-state index < -0.39 is 0 Å². The highest BCUT2D eigenvalue weighted by atomic mass is 16.1. The van der Waals surface area contributed by atoms with E-state index in [0.29, 0.717) is 0 Å². The van der Waals surface area contributed by atoms with Crippen LogP contribution in [-0.4, -0.2) is 42.5 Å². The Morgan fingerprint density at radius 1 is 1.37 bits per heavy atom. The van der Waals surface area contributed by atoms with E-state index in [4.69, 9.17) is 5.73 Å². The molecule has 3 N–H and O–H groups in total. The van der Waals surface area contributed by atoms with Crippen molar-refractivity contribution in [3.05, 3.63) is 0 Å². The molecule has 2 atom stereocenters. The molecule has 1 amide bonds. The molecule has 0 bridgehead atoms. The molecule has 2 unspecified atom stereocenters. The minimum absolute atomic E-state index is 0.220. The molecule has 0 aromatic rings. The summed E-state index contributed by atoms with van der Waals surface area (Å²) in [6.45, 7) is 9.33. The van der Waals surface area contributed by atoms with Crippen molar-refractivity contribution in [2.24, 2.45) is 11.7 Å². The summed E-state index contributed by atoms with van der Waals surface area (Å²) in [6, 6.07) is 0.0695. The first kappa shape index (κ1) is 16.4. The topological polar surface area (TPSA) is 58.4 Å². The fourth-order valence-electron chi connectivity index (χ4n) is 2.99. The lowest BCUT2D eigenvalue weighted by Crippen LogP contribution is -2.51. The maximum absolute atomic E-state index is 11.5. The second kappa shape index (κ2) is 8.54. The molecule has 0 radical (unpaired) electrons. The average Bonchev–Trinajstić information content (AvgIpc) is 2.54. The SMILES string of the molecule is CCCC1CCCN(CC(NC(C)C)C(N)=O)CC1. The predicted molar refractivity (Wildman–Crippen MR) is 79.9 cm³/mol. The summed E-state index contributed by atoms with van der Waals surface area (Å²) < 4.78 is 0. The monoisotopic (exact) mass is 269 g/mol. The Bertz CT molecular complexity index is 268. The average molecular weight is 269 g/mol. The van der Waals surface area contributed by atoms with Gasteiger partial charge in [0, 0.05) is 12.6 Å². The molecule has 0 aliphatic carbocycles. The van der Waals surface area contributed by atoms with Gasteiger partial charge in [-0.15, -0.1) is 0 Å². The van der Waals surface area contributed by atoms with Crippen molar-refractivity contribution in [3.63, 3.8) is 0 Å². The molecule has 1 aliphatic rings. The zero-order chi connectivity index (χ0) is 14.3. The molecule has 1 fully saturated rings. The van der Waals surface area contributed by atoms with Crippen LogP contribution in [0.15, 0.2) is 0 Å². The number of hydrogen-bond acceptors (Lipinski definition) is 3. The largest absolute Gasteiger partial charge is 0.368 e. The van der Waals surface area contributed by atoms with Gasteiger partial charge in [0.25, 0.3) is 0 Å². The zero-order valence-electron chi connectivity index (χ0n) is 12.8. The first-order chi connectivity index (χ1) is 9.02. The molecule has 0 aromatic carbocycles. The van der Waals surface area contributed by atoms with Gasteiger partial charge in [0.05, 0.1) is 6.04 Å². The smallest absolute Gasteiger partial charge is 0.235 e. The molecule has 4 heteroatoms. The van der Waals surface area contributed by atoms with Crippen LogP contribution >= 0.6 is 0 Å². The number of amides is 1. The van der Waals surface area contributed by atoms with Crippen molar-refractivity contribution in [1.82, 2.24) is 10.2 Å². The van der Waals surface area contributed by atoms with Gasteiger partial charge in [0.2, 0.25) is 5.91 Å². The van der Waals surface area contributed by atoms with Crippen LogP contribution in [-0.2, 0) is 4.79 Å². The number of nitrogens with one attached hydrogen (secondary N) is 1.